The topological polar surface area (TPSA) is 90.4 Å². The molecular formula is C16H15NO4. The fourth-order valence-corrected chi connectivity index (χ4v) is 1.95. The van der Waals surface area contributed by atoms with E-state index in [4.69, 9.17) is 10.2 Å². The maximum Gasteiger partial charge on any atom is 0.371 e. The van der Waals surface area contributed by atoms with E-state index < -0.39 is 17.5 Å². The highest BCUT2D eigenvalue weighted by Crippen LogP contribution is 2.15. The molecule has 0 aliphatic heterocycles. The van der Waals surface area contributed by atoms with Gasteiger partial charge in [0.25, 0.3) is 0 Å². The summed E-state index contributed by atoms with van der Waals surface area (Å²) in [5.74, 6) is -3.04. The molecule has 1 heterocycles. The zero-order chi connectivity index (χ0) is 15.4. The summed E-state index contributed by atoms with van der Waals surface area (Å²) in [4.78, 5) is 25.5. The summed E-state index contributed by atoms with van der Waals surface area (Å²) >= 11 is 0. The molecule has 0 saturated carbocycles. The first-order valence-corrected chi connectivity index (χ1v) is 6.37. The Morgan fingerprint density at radius 2 is 1.81 bits per heavy atom. The fourth-order valence-electron chi connectivity index (χ4n) is 1.95. The average molecular weight is 285 g/mol. The van der Waals surface area contributed by atoms with Gasteiger partial charge in [-0.2, -0.15) is 0 Å². The van der Waals surface area contributed by atoms with Crippen LogP contribution in [0.5, 0.6) is 0 Å². The molecule has 0 amide bonds. The molecule has 1 aromatic carbocycles. The van der Waals surface area contributed by atoms with Gasteiger partial charge in [-0.3, -0.25) is 4.79 Å². The van der Waals surface area contributed by atoms with Crippen LogP contribution >= 0.6 is 0 Å². The second-order valence-electron chi connectivity index (χ2n) is 4.73. The zero-order valence-corrected chi connectivity index (χ0v) is 11.5. The van der Waals surface area contributed by atoms with Gasteiger partial charge in [-0.15, -0.1) is 0 Å². The molecule has 0 bridgehead atoms. The van der Waals surface area contributed by atoms with Gasteiger partial charge in [0, 0.05) is 30.0 Å². The number of aromatic amines is 1. The van der Waals surface area contributed by atoms with Crippen molar-refractivity contribution in [3.8, 4) is 0 Å². The third-order valence-corrected chi connectivity index (χ3v) is 3.09. The predicted octanol–water partition coefficient (Wildman–Crippen LogP) is 2.62. The van der Waals surface area contributed by atoms with Gasteiger partial charge in [0.05, 0.1) is 0 Å². The SMILES string of the molecule is Cc1ccc(Cc2[nH]ccc2C(=O)C=C(O)C(=O)O)cc1. The minimum atomic E-state index is -1.53. The van der Waals surface area contributed by atoms with E-state index >= 15 is 0 Å². The molecule has 0 spiro atoms. The number of aliphatic carboxylic acids is 1. The third kappa shape index (κ3) is 3.60. The number of carboxylic acids is 1. The molecule has 0 aliphatic carbocycles. The molecule has 108 valence electrons. The maximum absolute atomic E-state index is 12.0. The fraction of sp³-hybridized carbons (Fsp3) is 0.125. The molecule has 5 heteroatoms. The van der Waals surface area contributed by atoms with Crippen molar-refractivity contribution in [2.24, 2.45) is 0 Å². The molecular weight excluding hydrogens is 270 g/mol. The van der Waals surface area contributed by atoms with E-state index in [0.29, 0.717) is 23.8 Å². The van der Waals surface area contributed by atoms with Crippen molar-refractivity contribution in [3.63, 3.8) is 0 Å². The van der Waals surface area contributed by atoms with Crippen molar-refractivity contribution in [1.29, 1.82) is 0 Å². The number of nitrogens with one attached hydrogen (secondary N) is 1. The summed E-state index contributed by atoms with van der Waals surface area (Å²) in [6.45, 7) is 1.99. The van der Waals surface area contributed by atoms with Crippen molar-refractivity contribution < 1.29 is 19.8 Å². The quantitative estimate of drug-likeness (QED) is 0.447. The van der Waals surface area contributed by atoms with Gasteiger partial charge in [-0.1, -0.05) is 29.8 Å². The summed E-state index contributed by atoms with van der Waals surface area (Å²) in [6, 6.07) is 9.47. The van der Waals surface area contributed by atoms with Crippen LogP contribution in [0.15, 0.2) is 48.4 Å². The normalized spacial score (nSPS) is 11.4. The molecule has 1 aromatic heterocycles. The van der Waals surface area contributed by atoms with Gasteiger partial charge in [0.2, 0.25) is 5.76 Å². The lowest BCUT2D eigenvalue weighted by Gasteiger charge is -2.03. The highest BCUT2D eigenvalue weighted by atomic mass is 16.4. The lowest BCUT2D eigenvalue weighted by Crippen LogP contribution is -2.05. The van der Waals surface area contributed by atoms with E-state index in [2.05, 4.69) is 4.98 Å². The Morgan fingerprint density at radius 1 is 1.14 bits per heavy atom. The maximum atomic E-state index is 12.0. The molecule has 0 aliphatic rings. The Balaban J connectivity index is 2.22. The van der Waals surface area contributed by atoms with Crippen LogP contribution in [0, 0.1) is 6.92 Å². The molecule has 0 unspecified atom stereocenters. The van der Waals surface area contributed by atoms with E-state index in [1.807, 2.05) is 31.2 Å². The van der Waals surface area contributed by atoms with Gasteiger partial charge in [-0.25, -0.2) is 4.79 Å². The van der Waals surface area contributed by atoms with Crippen LogP contribution in [0.25, 0.3) is 0 Å². The number of carboxylic acid groups (broad SMARTS) is 1. The lowest BCUT2D eigenvalue weighted by molar-refractivity contribution is -0.135. The number of benzene rings is 1. The van der Waals surface area contributed by atoms with Crippen molar-refractivity contribution in [1.82, 2.24) is 4.98 Å². The van der Waals surface area contributed by atoms with E-state index in [1.54, 1.807) is 12.3 Å². The van der Waals surface area contributed by atoms with Crippen molar-refractivity contribution >= 4 is 11.8 Å². The number of carbonyl (C=O) groups excluding carboxylic acids is 1. The van der Waals surface area contributed by atoms with Crippen LogP contribution in [0.2, 0.25) is 0 Å². The van der Waals surface area contributed by atoms with Gasteiger partial charge >= 0.3 is 5.97 Å². The van der Waals surface area contributed by atoms with Crippen molar-refractivity contribution in [3.05, 3.63) is 70.7 Å². The van der Waals surface area contributed by atoms with E-state index in [-0.39, 0.29) is 0 Å². The van der Waals surface area contributed by atoms with E-state index in [0.717, 1.165) is 11.1 Å². The van der Waals surface area contributed by atoms with Crippen molar-refractivity contribution in [2.75, 3.05) is 0 Å². The number of aromatic nitrogens is 1. The van der Waals surface area contributed by atoms with E-state index in [1.165, 1.54) is 0 Å². The standard InChI is InChI=1S/C16H15NO4/c1-10-2-4-11(5-3-10)8-13-12(6-7-17-13)14(18)9-15(19)16(20)21/h2-7,9,17,19H,8H2,1H3,(H,20,21). The molecule has 0 atom stereocenters. The Labute approximate surface area is 121 Å². The number of rotatable bonds is 5. The summed E-state index contributed by atoms with van der Waals surface area (Å²) in [5.41, 5.74) is 3.21. The minimum absolute atomic E-state index is 0.350. The number of hydrogen-bond acceptors (Lipinski definition) is 3. The van der Waals surface area contributed by atoms with Gasteiger partial charge < -0.3 is 15.2 Å². The number of ketones is 1. The number of aryl methyl sites for hydroxylation is 1. The Hall–Kier alpha value is -2.82. The first-order chi connectivity index (χ1) is 9.97. The Kier molecular flexibility index (Phi) is 4.23. The average Bonchev–Trinajstić information content (AvgIpc) is 2.89. The van der Waals surface area contributed by atoms with E-state index in [9.17, 15) is 9.59 Å². The molecule has 2 rings (SSSR count). The largest absolute Gasteiger partial charge is 0.502 e. The monoisotopic (exact) mass is 285 g/mol. The second-order valence-corrected chi connectivity index (χ2v) is 4.73. The summed E-state index contributed by atoms with van der Waals surface area (Å²) in [6.07, 6.45) is 2.85. The van der Waals surface area contributed by atoms with Crippen LogP contribution in [-0.2, 0) is 11.2 Å². The van der Waals surface area contributed by atoms with Gasteiger partial charge in [0.15, 0.2) is 5.78 Å². The number of hydrogen-bond donors (Lipinski definition) is 3. The molecule has 0 saturated heterocycles. The highest BCUT2D eigenvalue weighted by molar-refractivity contribution is 6.08. The van der Waals surface area contributed by atoms with Gasteiger partial charge in [0.1, 0.15) is 0 Å². The number of carbonyl (C=O) groups is 2. The smallest absolute Gasteiger partial charge is 0.371 e. The number of H-pyrrole nitrogens is 1. The van der Waals surface area contributed by atoms with Crippen LogP contribution < -0.4 is 0 Å². The predicted molar refractivity (Wildman–Crippen MR) is 77.5 cm³/mol. The van der Waals surface area contributed by atoms with Crippen LogP contribution in [0.3, 0.4) is 0 Å². The second kappa shape index (κ2) is 6.09. The summed E-state index contributed by atoms with van der Waals surface area (Å²) in [5, 5.41) is 17.7. The first-order valence-electron chi connectivity index (χ1n) is 6.37. The minimum Gasteiger partial charge on any atom is -0.502 e. The zero-order valence-electron chi connectivity index (χ0n) is 11.5. The first kappa shape index (κ1) is 14.6. The summed E-state index contributed by atoms with van der Waals surface area (Å²) < 4.78 is 0. The molecule has 3 N–H and O–H groups in total. The lowest BCUT2D eigenvalue weighted by atomic mass is 10.0. The third-order valence-electron chi connectivity index (χ3n) is 3.09. The molecule has 21 heavy (non-hydrogen) atoms. The molecule has 5 nitrogen and oxygen atoms in total. The number of aliphatic hydroxyl groups is 1. The number of allylic oxidation sites excluding steroid dienone is 1. The van der Waals surface area contributed by atoms with Crippen LogP contribution in [-0.4, -0.2) is 26.9 Å². The highest BCUT2D eigenvalue weighted by Gasteiger charge is 2.14. The van der Waals surface area contributed by atoms with Crippen molar-refractivity contribution in [2.45, 2.75) is 13.3 Å². The van der Waals surface area contributed by atoms with Crippen LogP contribution in [0.4, 0.5) is 0 Å². The Bertz CT molecular complexity index is 695. The molecule has 2 aromatic rings. The van der Waals surface area contributed by atoms with Gasteiger partial charge in [-0.05, 0) is 18.6 Å². The summed E-state index contributed by atoms with van der Waals surface area (Å²) in [7, 11) is 0. The number of aliphatic hydroxyl groups excluding tert-OH is 1. The molecule has 0 radical (unpaired) electrons. The molecule has 0 fully saturated rings. The van der Waals surface area contributed by atoms with Crippen LogP contribution in [0.1, 0.15) is 27.2 Å². The Morgan fingerprint density at radius 3 is 2.43 bits per heavy atom.